The van der Waals surface area contributed by atoms with Crippen LogP contribution in [0.25, 0.3) is 4.48 Å². The average Bonchev–Trinajstić information content (AvgIpc) is 2.59. The lowest BCUT2D eigenvalue weighted by Gasteiger charge is -2.02. The number of carbonyl (C=O) groups is 1. The third kappa shape index (κ3) is 1.52. The summed E-state index contributed by atoms with van der Waals surface area (Å²) in [6.45, 7) is 1.86. The minimum absolute atomic E-state index is 0.146. The van der Waals surface area contributed by atoms with Gasteiger partial charge in [0.15, 0.2) is 5.78 Å². The van der Waals surface area contributed by atoms with E-state index in [-0.39, 0.29) is 5.78 Å². The SMILES string of the molecule is CCC(=O)c1cnc2c(c1)C(Br)=CC2. The summed E-state index contributed by atoms with van der Waals surface area (Å²) in [5.41, 5.74) is 2.81. The van der Waals surface area contributed by atoms with Crippen LogP contribution in [0.2, 0.25) is 0 Å². The van der Waals surface area contributed by atoms with E-state index in [1.807, 2.05) is 13.0 Å². The molecular weight excluding hydrogens is 242 g/mol. The summed E-state index contributed by atoms with van der Waals surface area (Å²) in [7, 11) is 0. The quantitative estimate of drug-likeness (QED) is 0.757. The summed E-state index contributed by atoms with van der Waals surface area (Å²) >= 11 is 3.45. The Morgan fingerprint density at radius 2 is 2.43 bits per heavy atom. The van der Waals surface area contributed by atoms with Crippen LogP contribution >= 0.6 is 15.9 Å². The maximum atomic E-state index is 11.4. The van der Waals surface area contributed by atoms with E-state index in [1.54, 1.807) is 6.20 Å². The van der Waals surface area contributed by atoms with Crippen molar-refractivity contribution in [2.24, 2.45) is 0 Å². The predicted octanol–water partition coefficient (Wildman–Crippen LogP) is 2.97. The van der Waals surface area contributed by atoms with Crippen molar-refractivity contribution >= 4 is 26.2 Å². The minimum atomic E-state index is 0.146. The Balaban J connectivity index is 2.44. The Bertz CT molecular complexity index is 423. The van der Waals surface area contributed by atoms with Gasteiger partial charge in [-0.15, -0.1) is 0 Å². The van der Waals surface area contributed by atoms with Gasteiger partial charge in [-0.25, -0.2) is 0 Å². The lowest BCUT2D eigenvalue weighted by molar-refractivity contribution is 0.0988. The number of halogens is 1. The number of ketones is 1. The van der Waals surface area contributed by atoms with E-state index in [2.05, 4.69) is 27.0 Å². The highest BCUT2D eigenvalue weighted by molar-refractivity contribution is 9.15. The molecule has 0 saturated carbocycles. The van der Waals surface area contributed by atoms with E-state index < -0.39 is 0 Å². The minimum Gasteiger partial charge on any atom is -0.294 e. The summed E-state index contributed by atoms with van der Waals surface area (Å²) in [4.78, 5) is 15.7. The van der Waals surface area contributed by atoms with Crippen molar-refractivity contribution in [3.63, 3.8) is 0 Å². The molecule has 2 rings (SSSR count). The maximum Gasteiger partial charge on any atom is 0.164 e. The van der Waals surface area contributed by atoms with Gasteiger partial charge in [-0.1, -0.05) is 28.9 Å². The lowest BCUT2D eigenvalue weighted by Crippen LogP contribution is -2.00. The highest BCUT2D eigenvalue weighted by atomic mass is 79.9. The molecule has 1 aliphatic rings. The zero-order valence-corrected chi connectivity index (χ0v) is 9.47. The monoisotopic (exact) mass is 251 g/mol. The van der Waals surface area contributed by atoms with Crippen LogP contribution in [-0.4, -0.2) is 10.8 Å². The topological polar surface area (TPSA) is 30.0 Å². The standard InChI is InChI=1S/C11H10BrNO/c1-2-11(14)7-5-8-9(12)3-4-10(8)13-6-7/h3,5-6H,2,4H2,1H3. The normalized spacial score (nSPS) is 13.7. The summed E-state index contributed by atoms with van der Waals surface area (Å²) in [5.74, 6) is 0.146. The van der Waals surface area contributed by atoms with Crippen LogP contribution in [-0.2, 0) is 6.42 Å². The van der Waals surface area contributed by atoms with Gasteiger partial charge in [0.2, 0.25) is 0 Å². The smallest absolute Gasteiger partial charge is 0.164 e. The van der Waals surface area contributed by atoms with Gasteiger partial charge in [-0.2, -0.15) is 0 Å². The van der Waals surface area contributed by atoms with Crippen molar-refractivity contribution < 1.29 is 4.79 Å². The Morgan fingerprint density at radius 3 is 3.14 bits per heavy atom. The van der Waals surface area contributed by atoms with Crippen LogP contribution in [0.5, 0.6) is 0 Å². The Morgan fingerprint density at radius 1 is 1.64 bits per heavy atom. The van der Waals surface area contributed by atoms with Crippen molar-refractivity contribution in [1.82, 2.24) is 4.98 Å². The Labute approximate surface area is 91.2 Å². The molecule has 0 aromatic carbocycles. The summed E-state index contributed by atoms with van der Waals surface area (Å²) in [5, 5.41) is 0. The van der Waals surface area contributed by atoms with Crippen LogP contribution in [0.3, 0.4) is 0 Å². The third-order valence-corrected chi connectivity index (χ3v) is 3.10. The molecule has 0 bridgehead atoms. The molecule has 0 radical (unpaired) electrons. The van der Waals surface area contributed by atoms with Crippen molar-refractivity contribution in [2.45, 2.75) is 19.8 Å². The molecule has 0 spiro atoms. The fourth-order valence-electron chi connectivity index (χ4n) is 1.52. The van der Waals surface area contributed by atoms with Gasteiger partial charge in [-0.3, -0.25) is 9.78 Å². The molecule has 0 aliphatic heterocycles. The molecule has 1 aromatic heterocycles. The summed E-state index contributed by atoms with van der Waals surface area (Å²) in [6.07, 6.45) is 5.13. The second-order valence-corrected chi connectivity index (χ2v) is 4.11. The molecule has 0 saturated heterocycles. The first kappa shape index (κ1) is 9.59. The highest BCUT2D eigenvalue weighted by Gasteiger charge is 2.15. The van der Waals surface area contributed by atoms with Gasteiger partial charge in [0.05, 0.1) is 5.69 Å². The molecule has 2 nitrogen and oxygen atoms in total. The average molecular weight is 252 g/mol. The van der Waals surface area contributed by atoms with Crippen LogP contribution < -0.4 is 0 Å². The number of carbonyl (C=O) groups excluding carboxylic acids is 1. The number of pyridine rings is 1. The van der Waals surface area contributed by atoms with Gasteiger partial charge in [-0.05, 0) is 6.07 Å². The Hall–Kier alpha value is -0.960. The van der Waals surface area contributed by atoms with Crippen molar-refractivity contribution in [3.8, 4) is 0 Å². The second-order valence-electron chi connectivity index (χ2n) is 3.25. The van der Waals surface area contributed by atoms with Crippen molar-refractivity contribution in [3.05, 3.63) is 35.2 Å². The fourth-order valence-corrected chi connectivity index (χ4v) is 2.02. The molecule has 0 atom stereocenters. The molecule has 1 heterocycles. The van der Waals surface area contributed by atoms with Crippen molar-refractivity contribution in [1.29, 1.82) is 0 Å². The zero-order valence-electron chi connectivity index (χ0n) is 7.88. The zero-order chi connectivity index (χ0) is 10.1. The molecule has 0 fully saturated rings. The van der Waals surface area contributed by atoms with Crippen LogP contribution in [0.4, 0.5) is 0 Å². The van der Waals surface area contributed by atoms with Gasteiger partial charge < -0.3 is 0 Å². The highest BCUT2D eigenvalue weighted by Crippen LogP contribution is 2.31. The van der Waals surface area contributed by atoms with Crippen molar-refractivity contribution in [2.75, 3.05) is 0 Å². The Kier molecular flexibility index (Phi) is 2.50. The number of hydrogen-bond donors (Lipinski definition) is 0. The first-order valence-electron chi connectivity index (χ1n) is 4.60. The molecular formula is C11H10BrNO. The number of aromatic nitrogens is 1. The van der Waals surface area contributed by atoms with Gasteiger partial charge >= 0.3 is 0 Å². The molecule has 14 heavy (non-hydrogen) atoms. The van der Waals surface area contributed by atoms with E-state index in [0.29, 0.717) is 12.0 Å². The number of Topliss-reactive ketones (excluding diaryl/α,β-unsaturated/α-hetero) is 1. The number of fused-ring (bicyclic) bond motifs is 1. The number of hydrogen-bond acceptors (Lipinski definition) is 2. The first-order chi connectivity index (χ1) is 6.72. The fraction of sp³-hybridized carbons (Fsp3) is 0.273. The van der Waals surface area contributed by atoms with E-state index in [9.17, 15) is 4.79 Å². The van der Waals surface area contributed by atoms with E-state index >= 15 is 0 Å². The van der Waals surface area contributed by atoms with E-state index in [0.717, 1.165) is 22.2 Å². The van der Waals surface area contributed by atoms with E-state index in [4.69, 9.17) is 0 Å². The largest absolute Gasteiger partial charge is 0.294 e. The molecule has 0 N–H and O–H groups in total. The lowest BCUT2D eigenvalue weighted by atomic mass is 10.1. The number of nitrogens with zero attached hydrogens (tertiary/aromatic N) is 1. The number of allylic oxidation sites excluding steroid dienone is 1. The molecule has 0 amide bonds. The van der Waals surface area contributed by atoms with Crippen LogP contribution in [0, 0.1) is 0 Å². The maximum absolute atomic E-state index is 11.4. The molecule has 0 unspecified atom stereocenters. The first-order valence-corrected chi connectivity index (χ1v) is 5.40. The molecule has 1 aromatic rings. The molecule has 1 aliphatic carbocycles. The summed E-state index contributed by atoms with van der Waals surface area (Å²) in [6, 6.07) is 1.92. The predicted molar refractivity (Wildman–Crippen MR) is 59.5 cm³/mol. The van der Waals surface area contributed by atoms with E-state index in [1.165, 1.54) is 0 Å². The van der Waals surface area contributed by atoms with Gasteiger partial charge in [0.25, 0.3) is 0 Å². The summed E-state index contributed by atoms with van der Waals surface area (Å²) < 4.78 is 1.05. The molecule has 3 heteroatoms. The van der Waals surface area contributed by atoms with Gasteiger partial charge in [0.1, 0.15) is 0 Å². The van der Waals surface area contributed by atoms with Crippen LogP contribution in [0.1, 0.15) is 35.0 Å². The van der Waals surface area contributed by atoms with Crippen LogP contribution in [0.15, 0.2) is 18.3 Å². The third-order valence-electron chi connectivity index (χ3n) is 2.35. The molecule has 72 valence electrons. The number of rotatable bonds is 2. The second kappa shape index (κ2) is 3.65. The van der Waals surface area contributed by atoms with Gasteiger partial charge in [0, 0.05) is 34.6 Å².